The molecule has 0 atom stereocenters. The zero-order valence-electron chi connectivity index (χ0n) is 17.8. The van der Waals surface area contributed by atoms with Gasteiger partial charge in [-0.15, -0.1) is 0 Å². The lowest BCUT2D eigenvalue weighted by atomic mass is 10.1. The number of aryl methyl sites for hydroxylation is 1. The molecule has 162 valence electrons. The molecule has 2 aromatic heterocycles. The van der Waals surface area contributed by atoms with E-state index in [9.17, 15) is 0 Å². The summed E-state index contributed by atoms with van der Waals surface area (Å²) in [6, 6.07) is 9.69. The molecule has 0 amide bonds. The Bertz CT molecular complexity index is 1020. The van der Waals surface area contributed by atoms with Crippen LogP contribution in [0.5, 0.6) is 5.75 Å². The van der Waals surface area contributed by atoms with Gasteiger partial charge in [0, 0.05) is 50.1 Å². The molecule has 0 bridgehead atoms. The molecule has 1 aliphatic rings. The van der Waals surface area contributed by atoms with Gasteiger partial charge in [0.2, 0.25) is 5.76 Å². The highest BCUT2D eigenvalue weighted by atomic mass is 16.5. The highest BCUT2D eigenvalue weighted by Gasteiger charge is 2.27. The zero-order valence-corrected chi connectivity index (χ0v) is 17.8. The second-order valence-corrected chi connectivity index (χ2v) is 7.71. The molecule has 7 nitrogen and oxygen atoms in total. The first-order valence-electron chi connectivity index (χ1n) is 10.8. The summed E-state index contributed by atoms with van der Waals surface area (Å²) in [5, 5.41) is 13.0. The van der Waals surface area contributed by atoms with E-state index in [4.69, 9.17) is 14.4 Å². The lowest BCUT2D eigenvalue weighted by molar-refractivity contribution is 0.0185. The number of likely N-dealkylation sites (tertiary alicyclic amines) is 1. The third kappa shape index (κ3) is 5.75. The molecular formula is C24H28N4O3. The molecule has 0 radical (unpaired) electrons. The number of aliphatic hydroxyl groups is 1. The average Bonchev–Trinajstić information content (AvgIpc) is 3.40. The number of aliphatic hydroxyl groups excluding tert-OH is 1. The van der Waals surface area contributed by atoms with Crippen LogP contribution in [0.3, 0.4) is 0 Å². The fourth-order valence-corrected chi connectivity index (χ4v) is 3.59. The van der Waals surface area contributed by atoms with Crippen LogP contribution in [0.4, 0.5) is 0 Å². The molecule has 1 saturated heterocycles. The molecule has 1 aromatic carbocycles. The number of nitrogens with zero attached hydrogens (tertiary/aromatic N) is 4. The van der Waals surface area contributed by atoms with Crippen LogP contribution in [0.2, 0.25) is 0 Å². The SMILES string of the molecule is CCc1nccn1Cc1cc(C#Cc2ccc(OC3CN(CCCCO)C3)cc2)on1. The number of unbranched alkanes of at least 4 members (excludes halogenated alkanes) is 1. The van der Waals surface area contributed by atoms with Crippen LogP contribution >= 0.6 is 0 Å². The minimum atomic E-state index is 0.238. The van der Waals surface area contributed by atoms with Gasteiger partial charge in [0.1, 0.15) is 23.4 Å². The van der Waals surface area contributed by atoms with Gasteiger partial charge >= 0.3 is 0 Å². The number of hydrogen-bond donors (Lipinski definition) is 1. The van der Waals surface area contributed by atoms with Crippen molar-refractivity contribution in [1.82, 2.24) is 19.6 Å². The minimum absolute atomic E-state index is 0.238. The molecule has 0 aliphatic carbocycles. The molecule has 1 fully saturated rings. The number of imidazole rings is 1. The Balaban J connectivity index is 1.26. The quantitative estimate of drug-likeness (QED) is 0.424. The van der Waals surface area contributed by atoms with Crippen molar-refractivity contribution in [3.05, 3.63) is 65.6 Å². The molecule has 3 aromatic rings. The number of aromatic nitrogens is 3. The van der Waals surface area contributed by atoms with Crippen molar-refractivity contribution in [3.8, 4) is 17.6 Å². The molecule has 0 unspecified atom stereocenters. The van der Waals surface area contributed by atoms with Crippen molar-refractivity contribution in [1.29, 1.82) is 0 Å². The van der Waals surface area contributed by atoms with Crippen molar-refractivity contribution >= 4 is 0 Å². The molecule has 0 saturated carbocycles. The predicted molar refractivity (Wildman–Crippen MR) is 117 cm³/mol. The smallest absolute Gasteiger partial charge is 0.210 e. The lowest BCUT2D eigenvalue weighted by Gasteiger charge is -2.39. The predicted octanol–water partition coefficient (Wildman–Crippen LogP) is 2.72. The van der Waals surface area contributed by atoms with E-state index in [0.29, 0.717) is 12.3 Å². The van der Waals surface area contributed by atoms with Crippen molar-refractivity contribution in [2.75, 3.05) is 26.2 Å². The van der Waals surface area contributed by atoms with E-state index >= 15 is 0 Å². The number of hydrogen-bond acceptors (Lipinski definition) is 6. The maximum absolute atomic E-state index is 8.84. The molecule has 1 N–H and O–H groups in total. The van der Waals surface area contributed by atoms with E-state index in [1.807, 2.05) is 36.5 Å². The topological polar surface area (TPSA) is 76.5 Å². The van der Waals surface area contributed by atoms with Crippen molar-refractivity contribution in [3.63, 3.8) is 0 Å². The molecule has 4 rings (SSSR count). The highest BCUT2D eigenvalue weighted by Crippen LogP contribution is 2.19. The third-order valence-corrected chi connectivity index (χ3v) is 5.30. The van der Waals surface area contributed by atoms with Crippen LogP contribution in [0.25, 0.3) is 0 Å². The van der Waals surface area contributed by atoms with E-state index in [0.717, 1.165) is 61.7 Å². The first kappa shape index (κ1) is 21.2. The summed E-state index contributed by atoms with van der Waals surface area (Å²) in [6.07, 6.45) is 6.76. The van der Waals surface area contributed by atoms with Gasteiger partial charge in [-0.1, -0.05) is 18.0 Å². The van der Waals surface area contributed by atoms with Crippen molar-refractivity contribution in [2.45, 2.75) is 38.8 Å². The van der Waals surface area contributed by atoms with Gasteiger partial charge in [0.15, 0.2) is 0 Å². The van der Waals surface area contributed by atoms with Gasteiger partial charge < -0.3 is 18.9 Å². The lowest BCUT2D eigenvalue weighted by Crippen LogP contribution is -2.53. The van der Waals surface area contributed by atoms with Crippen LogP contribution < -0.4 is 4.74 Å². The largest absolute Gasteiger partial charge is 0.488 e. The van der Waals surface area contributed by atoms with Gasteiger partial charge in [-0.05, 0) is 49.6 Å². The second kappa shape index (κ2) is 10.3. The number of rotatable bonds is 9. The van der Waals surface area contributed by atoms with E-state index in [1.165, 1.54) is 0 Å². The second-order valence-electron chi connectivity index (χ2n) is 7.71. The van der Waals surface area contributed by atoms with Gasteiger partial charge in [-0.25, -0.2) is 4.98 Å². The third-order valence-electron chi connectivity index (χ3n) is 5.30. The maximum Gasteiger partial charge on any atom is 0.210 e. The summed E-state index contributed by atoms with van der Waals surface area (Å²) in [5.41, 5.74) is 1.72. The summed E-state index contributed by atoms with van der Waals surface area (Å²) < 4.78 is 13.4. The minimum Gasteiger partial charge on any atom is -0.488 e. The summed E-state index contributed by atoms with van der Waals surface area (Å²) >= 11 is 0. The van der Waals surface area contributed by atoms with Crippen LogP contribution in [-0.2, 0) is 13.0 Å². The molecular weight excluding hydrogens is 392 g/mol. The average molecular weight is 421 g/mol. The van der Waals surface area contributed by atoms with Crippen LogP contribution in [0.1, 0.15) is 42.6 Å². The molecule has 7 heteroatoms. The van der Waals surface area contributed by atoms with E-state index in [-0.39, 0.29) is 12.7 Å². The summed E-state index contributed by atoms with van der Waals surface area (Å²) in [5.74, 6) is 8.57. The monoisotopic (exact) mass is 420 g/mol. The summed E-state index contributed by atoms with van der Waals surface area (Å²) in [4.78, 5) is 6.67. The van der Waals surface area contributed by atoms with E-state index < -0.39 is 0 Å². The summed E-state index contributed by atoms with van der Waals surface area (Å²) in [6.45, 7) is 5.89. The molecule has 1 aliphatic heterocycles. The normalized spacial score (nSPS) is 14.1. The Morgan fingerprint density at radius 3 is 2.81 bits per heavy atom. The first-order valence-corrected chi connectivity index (χ1v) is 10.8. The molecule has 3 heterocycles. The number of benzene rings is 1. The Labute approximate surface area is 182 Å². The van der Waals surface area contributed by atoms with E-state index in [1.54, 1.807) is 6.20 Å². The van der Waals surface area contributed by atoms with Crippen LogP contribution in [0.15, 0.2) is 47.2 Å². The zero-order chi connectivity index (χ0) is 21.5. The fraction of sp³-hybridized carbons (Fsp3) is 0.417. The van der Waals surface area contributed by atoms with Gasteiger partial charge in [-0.3, -0.25) is 4.90 Å². The maximum atomic E-state index is 8.84. The summed E-state index contributed by atoms with van der Waals surface area (Å²) in [7, 11) is 0. The Hall–Kier alpha value is -3.08. The highest BCUT2D eigenvalue weighted by molar-refractivity contribution is 5.42. The van der Waals surface area contributed by atoms with Gasteiger partial charge in [0.05, 0.1) is 6.54 Å². The van der Waals surface area contributed by atoms with Crippen molar-refractivity contribution < 1.29 is 14.4 Å². The Kier molecular flexibility index (Phi) is 7.03. The first-order chi connectivity index (χ1) is 15.2. The Morgan fingerprint density at radius 1 is 1.19 bits per heavy atom. The van der Waals surface area contributed by atoms with Gasteiger partial charge in [0.25, 0.3) is 0 Å². The number of ether oxygens (including phenoxy) is 1. The van der Waals surface area contributed by atoms with Crippen molar-refractivity contribution in [2.24, 2.45) is 0 Å². The Morgan fingerprint density at radius 2 is 2.03 bits per heavy atom. The fourth-order valence-electron chi connectivity index (χ4n) is 3.59. The molecule has 31 heavy (non-hydrogen) atoms. The molecule has 0 spiro atoms. The van der Waals surface area contributed by atoms with Crippen LogP contribution in [-0.4, -0.2) is 57.1 Å². The van der Waals surface area contributed by atoms with E-state index in [2.05, 4.69) is 38.4 Å². The van der Waals surface area contributed by atoms with Gasteiger partial charge in [-0.2, -0.15) is 0 Å². The van der Waals surface area contributed by atoms with Crippen LogP contribution in [0, 0.1) is 11.8 Å². The standard InChI is InChI=1S/C24H28N4O3/c1-2-24-25-11-13-28(24)16-20-15-22(31-26-20)10-7-19-5-8-21(9-6-19)30-23-17-27(18-23)12-3-4-14-29/h5-6,8-9,11,13,15,23,29H,2-4,12,14,16-18H2,1H3.